The molecule has 0 spiro atoms. The van der Waals surface area contributed by atoms with Gasteiger partial charge in [-0.25, -0.2) is 13.2 Å². The van der Waals surface area contributed by atoms with E-state index in [4.69, 9.17) is 16.7 Å². The molecular formula is C14H18ClNO6S. The van der Waals surface area contributed by atoms with Gasteiger partial charge in [-0.1, -0.05) is 24.9 Å². The second-order valence-electron chi connectivity index (χ2n) is 4.87. The lowest BCUT2D eigenvalue weighted by Gasteiger charge is -2.16. The fourth-order valence-corrected chi connectivity index (χ4v) is 3.73. The maximum absolute atomic E-state index is 12.5. The summed E-state index contributed by atoms with van der Waals surface area (Å²) in [7, 11) is -3.01. The summed E-state index contributed by atoms with van der Waals surface area (Å²) in [5, 5.41) is 9.16. The molecule has 0 aromatic heterocycles. The molecule has 0 heterocycles. The minimum atomic E-state index is -4.17. The molecule has 1 aromatic carbocycles. The van der Waals surface area contributed by atoms with E-state index in [2.05, 4.69) is 9.46 Å². The lowest BCUT2D eigenvalue weighted by Crippen LogP contribution is -2.40. The van der Waals surface area contributed by atoms with Gasteiger partial charge >= 0.3 is 11.9 Å². The largest absolute Gasteiger partial charge is 0.480 e. The molecule has 0 aliphatic heterocycles. The Labute approximate surface area is 139 Å². The standard InChI is InChI=1S/C14H18ClNO6S/c1-4-5-11(13(17)18)16-23(20,21)12-7-9(14(19)22-3)6-10(15)8(12)2/h6-7,11,16H,4-5H2,1-3H3,(H,17,18). The number of hydrogen-bond acceptors (Lipinski definition) is 5. The Morgan fingerprint density at radius 2 is 2.00 bits per heavy atom. The van der Waals surface area contributed by atoms with Crippen LogP contribution in [0.15, 0.2) is 17.0 Å². The zero-order chi connectivity index (χ0) is 17.8. The number of benzene rings is 1. The van der Waals surface area contributed by atoms with Gasteiger partial charge in [-0.3, -0.25) is 4.79 Å². The van der Waals surface area contributed by atoms with Crippen molar-refractivity contribution < 1.29 is 27.9 Å². The van der Waals surface area contributed by atoms with Crippen molar-refractivity contribution in [2.75, 3.05) is 7.11 Å². The smallest absolute Gasteiger partial charge is 0.337 e. The van der Waals surface area contributed by atoms with E-state index in [1.807, 2.05) is 0 Å². The van der Waals surface area contributed by atoms with Gasteiger partial charge in [-0.05, 0) is 31.0 Å². The molecule has 9 heteroatoms. The van der Waals surface area contributed by atoms with Gasteiger partial charge in [-0.2, -0.15) is 4.72 Å². The van der Waals surface area contributed by atoms with Crippen LogP contribution in [-0.2, 0) is 19.6 Å². The van der Waals surface area contributed by atoms with E-state index >= 15 is 0 Å². The van der Waals surface area contributed by atoms with Crippen molar-refractivity contribution in [2.24, 2.45) is 0 Å². The number of carboxylic acid groups (broad SMARTS) is 1. The first-order chi connectivity index (χ1) is 10.6. The van der Waals surface area contributed by atoms with Crippen LogP contribution in [0.4, 0.5) is 0 Å². The van der Waals surface area contributed by atoms with Crippen LogP contribution in [-0.4, -0.2) is 38.6 Å². The Balaban J connectivity index is 3.34. The molecule has 2 N–H and O–H groups in total. The highest BCUT2D eigenvalue weighted by Gasteiger charge is 2.27. The van der Waals surface area contributed by atoms with E-state index in [0.29, 0.717) is 6.42 Å². The van der Waals surface area contributed by atoms with Crippen LogP contribution in [0.2, 0.25) is 5.02 Å². The number of nitrogens with one attached hydrogen (secondary N) is 1. The Hall–Kier alpha value is -1.64. The van der Waals surface area contributed by atoms with E-state index < -0.39 is 28.0 Å². The SMILES string of the molecule is CCCC(NS(=O)(=O)c1cc(C(=O)OC)cc(Cl)c1C)C(=O)O. The number of carbonyl (C=O) groups is 2. The summed E-state index contributed by atoms with van der Waals surface area (Å²) in [6, 6.07) is 1.15. The minimum absolute atomic E-state index is 0.0363. The van der Waals surface area contributed by atoms with Gasteiger partial charge in [0, 0.05) is 5.02 Å². The number of carbonyl (C=O) groups excluding carboxylic acids is 1. The Morgan fingerprint density at radius 3 is 2.48 bits per heavy atom. The molecule has 128 valence electrons. The van der Waals surface area contributed by atoms with E-state index in [1.165, 1.54) is 13.0 Å². The van der Waals surface area contributed by atoms with Gasteiger partial charge in [0.15, 0.2) is 0 Å². The molecule has 23 heavy (non-hydrogen) atoms. The molecular weight excluding hydrogens is 346 g/mol. The lowest BCUT2D eigenvalue weighted by molar-refractivity contribution is -0.139. The number of aliphatic carboxylic acids is 1. The molecule has 1 rings (SSSR count). The zero-order valence-electron chi connectivity index (χ0n) is 12.9. The van der Waals surface area contributed by atoms with Gasteiger partial charge in [0.2, 0.25) is 10.0 Å². The fraction of sp³-hybridized carbons (Fsp3) is 0.429. The summed E-state index contributed by atoms with van der Waals surface area (Å²) in [6.45, 7) is 3.21. The fourth-order valence-electron chi connectivity index (χ4n) is 1.94. The summed E-state index contributed by atoms with van der Waals surface area (Å²) in [4.78, 5) is 22.5. The third-order valence-electron chi connectivity index (χ3n) is 3.18. The average molecular weight is 364 g/mol. The van der Waals surface area contributed by atoms with Crippen molar-refractivity contribution in [3.05, 3.63) is 28.3 Å². The van der Waals surface area contributed by atoms with Crippen LogP contribution in [0, 0.1) is 6.92 Å². The molecule has 0 saturated heterocycles. The van der Waals surface area contributed by atoms with Crippen molar-refractivity contribution >= 4 is 33.6 Å². The first-order valence-electron chi connectivity index (χ1n) is 6.77. The molecule has 7 nitrogen and oxygen atoms in total. The number of esters is 1. The van der Waals surface area contributed by atoms with Crippen LogP contribution >= 0.6 is 11.6 Å². The number of hydrogen-bond donors (Lipinski definition) is 2. The third kappa shape index (κ3) is 4.66. The van der Waals surface area contributed by atoms with E-state index in [-0.39, 0.29) is 27.5 Å². The van der Waals surface area contributed by atoms with Gasteiger partial charge in [0.1, 0.15) is 6.04 Å². The molecule has 1 atom stereocenters. The molecule has 0 fully saturated rings. The summed E-state index contributed by atoms with van der Waals surface area (Å²) in [6.07, 6.45) is 0.624. The van der Waals surface area contributed by atoms with Gasteiger partial charge in [-0.15, -0.1) is 0 Å². The molecule has 0 bridgehead atoms. The van der Waals surface area contributed by atoms with Crippen molar-refractivity contribution in [3.8, 4) is 0 Å². The Kier molecular flexibility index (Phi) is 6.55. The maximum atomic E-state index is 12.5. The summed E-state index contributed by atoms with van der Waals surface area (Å²) in [5.74, 6) is -2.02. The summed E-state index contributed by atoms with van der Waals surface area (Å²) in [5.41, 5.74) is 0.179. The lowest BCUT2D eigenvalue weighted by atomic mass is 10.1. The van der Waals surface area contributed by atoms with Crippen molar-refractivity contribution in [2.45, 2.75) is 37.6 Å². The van der Waals surface area contributed by atoms with Crippen LogP contribution < -0.4 is 4.72 Å². The number of rotatable bonds is 7. The molecule has 0 aliphatic carbocycles. The maximum Gasteiger partial charge on any atom is 0.337 e. The number of ether oxygens (including phenoxy) is 1. The van der Waals surface area contributed by atoms with Gasteiger partial charge < -0.3 is 9.84 Å². The second-order valence-corrected chi connectivity index (χ2v) is 6.96. The monoisotopic (exact) mass is 363 g/mol. The van der Waals surface area contributed by atoms with Crippen LogP contribution in [0.25, 0.3) is 0 Å². The summed E-state index contributed by atoms with van der Waals surface area (Å²) < 4.78 is 31.6. The predicted octanol–water partition coefficient (Wildman–Crippen LogP) is 1.97. The number of halogens is 1. The van der Waals surface area contributed by atoms with Crippen LogP contribution in [0.3, 0.4) is 0 Å². The second kappa shape index (κ2) is 7.76. The predicted molar refractivity (Wildman–Crippen MR) is 84.2 cm³/mol. The molecule has 0 saturated carbocycles. The highest BCUT2D eigenvalue weighted by atomic mass is 35.5. The average Bonchev–Trinajstić information content (AvgIpc) is 2.48. The molecule has 0 radical (unpaired) electrons. The minimum Gasteiger partial charge on any atom is -0.480 e. The Morgan fingerprint density at radius 1 is 1.39 bits per heavy atom. The quantitative estimate of drug-likeness (QED) is 0.716. The number of sulfonamides is 1. The van der Waals surface area contributed by atoms with E-state index in [0.717, 1.165) is 13.2 Å². The topological polar surface area (TPSA) is 110 Å². The number of carboxylic acids is 1. The van der Waals surface area contributed by atoms with Crippen molar-refractivity contribution in [3.63, 3.8) is 0 Å². The molecule has 1 unspecified atom stereocenters. The molecule has 0 amide bonds. The Bertz CT molecular complexity index is 716. The first kappa shape index (κ1) is 19.4. The molecule has 1 aromatic rings. The van der Waals surface area contributed by atoms with Crippen LogP contribution in [0.5, 0.6) is 0 Å². The van der Waals surface area contributed by atoms with E-state index in [1.54, 1.807) is 6.92 Å². The third-order valence-corrected chi connectivity index (χ3v) is 5.17. The number of methoxy groups -OCH3 is 1. The first-order valence-corrected chi connectivity index (χ1v) is 8.63. The normalized spacial score (nSPS) is 12.7. The van der Waals surface area contributed by atoms with E-state index in [9.17, 15) is 18.0 Å². The molecule has 0 aliphatic rings. The summed E-state index contributed by atoms with van der Waals surface area (Å²) >= 11 is 5.97. The van der Waals surface area contributed by atoms with Crippen molar-refractivity contribution in [1.29, 1.82) is 0 Å². The van der Waals surface area contributed by atoms with Gasteiger partial charge in [0.25, 0.3) is 0 Å². The highest BCUT2D eigenvalue weighted by molar-refractivity contribution is 7.89. The van der Waals surface area contributed by atoms with Gasteiger partial charge in [0.05, 0.1) is 17.6 Å². The zero-order valence-corrected chi connectivity index (χ0v) is 14.5. The van der Waals surface area contributed by atoms with Crippen LogP contribution in [0.1, 0.15) is 35.7 Å². The highest BCUT2D eigenvalue weighted by Crippen LogP contribution is 2.26. The van der Waals surface area contributed by atoms with Crippen molar-refractivity contribution in [1.82, 2.24) is 4.72 Å².